The fourth-order valence-electron chi connectivity index (χ4n) is 0.671. The molecule has 1 rings (SSSR count). The Morgan fingerprint density at radius 2 is 2.17 bits per heavy atom. The molecule has 1 heterocycles. The number of halogens is 1. The molecule has 0 spiro atoms. The number of aromatic nitrogens is 1. The van der Waals surface area contributed by atoms with Crippen molar-refractivity contribution < 1.29 is 5.11 Å². The smallest absolute Gasteiger partial charge is 0.0730 e. The van der Waals surface area contributed by atoms with Crippen LogP contribution < -0.4 is 0 Å². The van der Waals surface area contributed by atoms with Gasteiger partial charge in [-0.25, -0.2) is 0 Å². The molecule has 0 radical (unpaired) electrons. The molecule has 0 aliphatic rings. The van der Waals surface area contributed by atoms with Gasteiger partial charge in [-0.1, -0.05) is 15.9 Å². The molecule has 12 heavy (non-hydrogen) atoms. The largest absolute Gasteiger partial charge is 0.391 e. The maximum atomic E-state index is 9.24. The fourth-order valence-corrected chi connectivity index (χ4v) is 2.02. The second kappa shape index (κ2) is 5.56. The third-order valence-corrected chi connectivity index (χ3v) is 3.17. The van der Waals surface area contributed by atoms with Gasteiger partial charge in [0.1, 0.15) is 0 Å². The van der Waals surface area contributed by atoms with Gasteiger partial charge < -0.3 is 5.11 Å². The minimum Gasteiger partial charge on any atom is -0.391 e. The molecule has 2 nitrogen and oxygen atoms in total. The maximum Gasteiger partial charge on any atom is 0.0730 e. The minimum atomic E-state index is -0.275. The predicted molar refractivity (Wildman–Crippen MR) is 54.8 cm³/mol. The number of aliphatic hydroxyl groups excluding tert-OH is 1. The second-order valence-corrected chi connectivity index (χ2v) is 4.04. The Kier molecular flexibility index (Phi) is 4.65. The van der Waals surface area contributed by atoms with Crippen molar-refractivity contribution in [1.82, 2.24) is 4.98 Å². The van der Waals surface area contributed by atoms with E-state index in [1.165, 1.54) is 0 Å². The predicted octanol–water partition coefficient (Wildman–Crippen LogP) is 1.93. The lowest BCUT2D eigenvalue weighted by atomic mass is 10.5. The van der Waals surface area contributed by atoms with E-state index >= 15 is 0 Å². The fraction of sp³-hybridized carbons (Fsp3) is 0.375. The van der Waals surface area contributed by atoms with Crippen LogP contribution in [-0.2, 0) is 0 Å². The van der Waals surface area contributed by atoms with Crippen LogP contribution in [-0.4, -0.2) is 27.3 Å². The van der Waals surface area contributed by atoms with Gasteiger partial charge in [-0.3, -0.25) is 4.98 Å². The van der Waals surface area contributed by atoms with Crippen LogP contribution in [0.2, 0.25) is 0 Å². The van der Waals surface area contributed by atoms with Gasteiger partial charge in [0.2, 0.25) is 0 Å². The summed E-state index contributed by atoms with van der Waals surface area (Å²) in [7, 11) is 0. The first-order valence-corrected chi connectivity index (χ1v) is 5.70. The summed E-state index contributed by atoms with van der Waals surface area (Å²) in [6, 6.07) is 3.87. The summed E-state index contributed by atoms with van der Waals surface area (Å²) in [6.07, 6.45) is 3.23. The lowest BCUT2D eigenvalue weighted by Crippen LogP contribution is -2.10. The second-order valence-electron chi connectivity index (χ2n) is 2.30. The molecule has 0 amide bonds. The first-order chi connectivity index (χ1) is 5.83. The van der Waals surface area contributed by atoms with E-state index in [0.29, 0.717) is 5.33 Å². The molecule has 0 saturated heterocycles. The molecule has 66 valence electrons. The average Bonchev–Trinajstić information content (AvgIpc) is 2.16. The van der Waals surface area contributed by atoms with Gasteiger partial charge >= 0.3 is 0 Å². The molecular formula is C8H10BrNOS. The molecule has 1 atom stereocenters. The zero-order valence-corrected chi connectivity index (χ0v) is 8.88. The van der Waals surface area contributed by atoms with E-state index in [9.17, 15) is 5.11 Å². The van der Waals surface area contributed by atoms with Crippen LogP contribution in [0, 0.1) is 0 Å². The Hall–Kier alpha value is -0.0600. The third-order valence-electron chi connectivity index (χ3n) is 1.27. The van der Waals surface area contributed by atoms with E-state index in [-0.39, 0.29) is 6.10 Å². The molecule has 1 aromatic rings. The zero-order valence-electron chi connectivity index (χ0n) is 6.48. The van der Waals surface area contributed by atoms with Crippen molar-refractivity contribution in [3.05, 3.63) is 24.5 Å². The number of alkyl halides is 1. The number of thioether (sulfide) groups is 1. The topological polar surface area (TPSA) is 33.1 Å². The first kappa shape index (κ1) is 10.0. The molecule has 0 aromatic carbocycles. The zero-order chi connectivity index (χ0) is 8.81. The quantitative estimate of drug-likeness (QED) is 0.652. The van der Waals surface area contributed by atoms with Gasteiger partial charge in [0.05, 0.1) is 6.10 Å². The van der Waals surface area contributed by atoms with Crippen molar-refractivity contribution in [2.45, 2.75) is 11.0 Å². The van der Waals surface area contributed by atoms with Crippen molar-refractivity contribution in [3.8, 4) is 0 Å². The van der Waals surface area contributed by atoms with Gasteiger partial charge in [-0.2, -0.15) is 0 Å². The third kappa shape index (κ3) is 3.56. The summed E-state index contributed by atoms with van der Waals surface area (Å²) in [5, 5.41) is 9.87. The van der Waals surface area contributed by atoms with Crippen LogP contribution in [0.1, 0.15) is 0 Å². The Bertz CT molecular complexity index is 220. The summed E-state index contributed by atoms with van der Waals surface area (Å²) in [5.74, 6) is 0.718. The maximum absolute atomic E-state index is 9.24. The first-order valence-electron chi connectivity index (χ1n) is 3.60. The van der Waals surface area contributed by atoms with Crippen molar-refractivity contribution in [2.75, 3.05) is 11.1 Å². The summed E-state index contributed by atoms with van der Waals surface area (Å²) in [5.41, 5.74) is 0. The molecule has 0 aliphatic carbocycles. The summed E-state index contributed by atoms with van der Waals surface area (Å²) < 4.78 is 0. The molecule has 0 aliphatic heterocycles. The highest BCUT2D eigenvalue weighted by molar-refractivity contribution is 9.09. The van der Waals surface area contributed by atoms with Crippen LogP contribution in [0.25, 0.3) is 0 Å². The number of nitrogens with zero attached hydrogens (tertiary/aromatic N) is 1. The van der Waals surface area contributed by atoms with Crippen LogP contribution in [0.15, 0.2) is 29.4 Å². The molecule has 0 saturated carbocycles. The molecule has 1 aromatic heterocycles. The van der Waals surface area contributed by atoms with Crippen molar-refractivity contribution in [3.63, 3.8) is 0 Å². The van der Waals surface area contributed by atoms with E-state index < -0.39 is 0 Å². The molecule has 1 N–H and O–H groups in total. The van der Waals surface area contributed by atoms with Gasteiger partial charge in [0.15, 0.2) is 0 Å². The van der Waals surface area contributed by atoms with Crippen LogP contribution >= 0.6 is 27.7 Å². The Morgan fingerprint density at radius 1 is 1.50 bits per heavy atom. The summed E-state index contributed by atoms with van der Waals surface area (Å²) in [4.78, 5) is 5.05. The van der Waals surface area contributed by atoms with Gasteiger partial charge in [-0.05, 0) is 12.1 Å². The van der Waals surface area contributed by atoms with E-state index in [1.54, 1.807) is 24.2 Å². The van der Waals surface area contributed by atoms with Crippen molar-refractivity contribution in [2.24, 2.45) is 0 Å². The van der Waals surface area contributed by atoms with Crippen molar-refractivity contribution in [1.29, 1.82) is 0 Å². The van der Waals surface area contributed by atoms with Crippen molar-refractivity contribution >= 4 is 27.7 Å². The molecule has 4 heteroatoms. The van der Waals surface area contributed by atoms with Crippen LogP contribution in [0.3, 0.4) is 0 Å². The SMILES string of the molecule is OC(CBr)CSc1ccncc1. The number of hydrogen-bond donors (Lipinski definition) is 1. The molecular weight excluding hydrogens is 238 g/mol. The Labute approximate surface area is 84.5 Å². The van der Waals surface area contributed by atoms with Gasteiger partial charge in [0.25, 0.3) is 0 Å². The molecule has 0 bridgehead atoms. The molecule has 1 unspecified atom stereocenters. The minimum absolute atomic E-state index is 0.275. The highest BCUT2D eigenvalue weighted by Crippen LogP contribution is 2.17. The summed E-state index contributed by atoms with van der Waals surface area (Å²) >= 11 is 4.85. The van der Waals surface area contributed by atoms with Gasteiger partial charge in [0, 0.05) is 28.4 Å². The lowest BCUT2D eigenvalue weighted by molar-refractivity contribution is 0.226. The standard InChI is InChI=1S/C8H10BrNOS/c9-5-7(11)6-12-8-1-3-10-4-2-8/h1-4,7,11H,5-6H2. The van der Waals surface area contributed by atoms with E-state index in [1.807, 2.05) is 12.1 Å². The number of rotatable bonds is 4. The average molecular weight is 248 g/mol. The number of pyridine rings is 1. The number of aliphatic hydroxyl groups is 1. The van der Waals surface area contributed by atoms with Crippen LogP contribution in [0.5, 0.6) is 0 Å². The summed E-state index contributed by atoms with van der Waals surface area (Å²) in [6.45, 7) is 0. The highest BCUT2D eigenvalue weighted by Gasteiger charge is 2.01. The lowest BCUT2D eigenvalue weighted by Gasteiger charge is -2.05. The van der Waals surface area contributed by atoms with E-state index in [0.717, 1.165) is 10.6 Å². The van der Waals surface area contributed by atoms with E-state index in [2.05, 4.69) is 20.9 Å². The normalized spacial score (nSPS) is 12.8. The Morgan fingerprint density at radius 3 is 2.75 bits per heavy atom. The monoisotopic (exact) mass is 247 g/mol. The van der Waals surface area contributed by atoms with E-state index in [4.69, 9.17) is 0 Å². The number of hydrogen-bond acceptors (Lipinski definition) is 3. The molecule has 0 fully saturated rings. The van der Waals surface area contributed by atoms with Crippen LogP contribution in [0.4, 0.5) is 0 Å². The Balaban J connectivity index is 2.33. The highest BCUT2D eigenvalue weighted by atomic mass is 79.9. The van der Waals surface area contributed by atoms with Gasteiger partial charge in [-0.15, -0.1) is 11.8 Å².